The van der Waals surface area contributed by atoms with Crippen molar-refractivity contribution in [3.8, 4) is 5.88 Å². The lowest BCUT2D eigenvalue weighted by Crippen LogP contribution is -2.10. The molecule has 0 aliphatic carbocycles. The molecule has 4 nitrogen and oxygen atoms in total. The van der Waals surface area contributed by atoms with Crippen LogP contribution >= 0.6 is 23.4 Å². The molecule has 2 aromatic rings. The summed E-state index contributed by atoms with van der Waals surface area (Å²) in [5, 5.41) is 9.35. The Hall–Kier alpha value is -1.80. The van der Waals surface area contributed by atoms with Gasteiger partial charge in [-0.25, -0.2) is 4.98 Å². The van der Waals surface area contributed by atoms with Crippen LogP contribution in [0.5, 0.6) is 5.88 Å². The van der Waals surface area contributed by atoms with Crippen molar-refractivity contribution in [3.63, 3.8) is 0 Å². The van der Waals surface area contributed by atoms with Gasteiger partial charge in [0.2, 0.25) is 5.88 Å². The number of halogens is 4. The monoisotopic (exact) mass is 348 g/mol. The first-order valence-corrected chi connectivity index (χ1v) is 7.19. The maximum absolute atomic E-state index is 12.6. The molecular weight excluding hydrogens is 341 g/mol. The lowest BCUT2D eigenvalue weighted by atomic mass is 10.1. The zero-order valence-corrected chi connectivity index (χ0v) is 12.3. The number of hydrogen-bond donors (Lipinski definition) is 1. The largest absolute Gasteiger partial charge is 0.493 e. The highest BCUT2D eigenvalue weighted by atomic mass is 35.5. The highest BCUT2D eigenvalue weighted by Crippen LogP contribution is 2.30. The molecule has 116 valence electrons. The summed E-state index contributed by atoms with van der Waals surface area (Å²) < 4.78 is 37.7. The zero-order chi connectivity index (χ0) is 16.3. The standard InChI is InChI=1S/C13H8ClF3N2O2S/c14-8-3-1-7(2-4-8)9(20)6-22-12-18-10(13(15,16)17)5-11(21)19-12/h1-5H,6H2,(H,18,19,21). The number of thioether (sulfide) groups is 1. The molecule has 0 atom stereocenters. The molecule has 22 heavy (non-hydrogen) atoms. The highest BCUT2D eigenvalue weighted by Gasteiger charge is 2.33. The highest BCUT2D eigenvalue weighted by molar-refractivity contribution is 7.99. The summed E-state index contributed by atoms with van der Waals surface area (Å²) in [6, 6.07) is 6.51. The number of carbonyl (C=O) groups is 1. The van der Waals surface area contributed by atoms with Gasteiger partial charge in [-0.05, 0) is 24.3 Å². The molecule has 0 saturated carbocycles. The summed E-state index contributed by atoms with van der Waals surface area (Å²) in [6.45, 7) is 0. The number of nitrogens with zero attached hydrogens (tertiary/aromatic N) is 2. The van der Waals surface area contributed by atoms with Gasteiger partial charge >= 0.3 is 6.18 Å². The second-order valence-corrected chi connectivity index (χ2v) is 5.49. The Morgan fingerprint density at radius 1 is 1.23 bits per heavy atom. The quantitative estimate of drug-likeness (QED) is 0.517. The minimum Gasteiger partial charge on any atom is -0.493 e. The number of aromatic hydroxyl groups is 1. The average molecular weight is 349 g/mol. The molecule has 0 amide bonds. The lowest BCUT2D eigenvalue weighted by molar-refractivity contribution is -0.141. The van der Waals surface area contributed by atoms with E-state index in [4.69, 9.17) is 11.6 Å². The predicted molar refractivity (Wildman–Crippen MR) is 75.2 cm³/mol. The van der Waals surface area contributed by atoms with Gasteiger partial charge in [0.25, 0.3) is 0 Å². The Kier molecular flexibility index (Phi) is 4.92. The molecule has 1 heterocycles. The van der Waals surface area contributed by atoms with Crippen LogP contribution in [0.25, 0.3) is 0 Å². The van der Waals surface area contributed by atoms with E-state index in [0.29, 0.717) is 28.4 Å². The summed E-state index contributed by atoms with van der Waals surface area (Å²) >= 11 is 6.40. The number of Topliss-reactive ketones (excluding diaryl/α,β-unsaturated/α-hetero) is 1. The first kappa shape index (κ1) is 16.6. The van der Waals surface area contributed by atoms with Crippen molar-refractivity contribution in [1.82, 2.24) is 9.97 Å². The van der Waals surface area contributed by atoms with Crippen molar-refractivity contribution in [2.45, 2.75) is 11.3 Å². The van der Waals surface area contributed by atoms with Crippen LogP contribution < -0.4 is 0 Å². The zero-order valence-electron chi connectivity index (χ0n) is 10.8. The molecule has 0 saturated heterocycles. The summed E-state index contributed by atoms with van der Waals surface area (Å²) in [6.07, 6.45) is -4.70. The van der Waals surface area contributed by atoms with Crippen LogP contribution in [0.4, 0.5) is 13.2 Å². The molecule has 2 rings (SSSR count). The Balaban J connectivity index is 2.10. The van der Waals surface area contributed by atoms with E-state index in [-0.39, 0.29) is 16.7 Å². The smallest absolute Gasteiger partial charge is 0.433 e. The van der Waals surface area contributed by atoms with Gasteiger partial charge in [-0.15, -0.1) is 0 Å². The molecular formula is C13H8ClF3N2O2S. The number of rotatable bonds is 4. The van der Waals surface area contributed by atoms with Gasteiger partial charge in [-0.1, -0.05) is 23.4 Å². The normalized spacial score (nSPS) is 11.5. The summed E-state index contributed by atoms with van der Waals surface area (Å²) in [5.41, 5.74) is -0.894. The van der Waals surface area contributed by atoms with Crippen LogP contribution in [0.1, 0.15) is 16.1 Å². The number of ketones is 1. The molecule has 0 unspecified atom stereocenters. The summed E-state index contributed by atoms with van der Waals surface area (Å²) in [5.74, 6) is -1.28. The second kappa shape index (κ2) is 6.53. The molecule has 9 heteroatoms. The van der Waals surface area contributed by atoms with E-state index in [1.807, 2.05) is 0 Å². The van der Waals surface area contributed by atoms with Crippen molar-refractivity contribution in [3.05, 3.63) is 46.6 Å². The maximum Gasteiger partial charge on any atom is 0.433 e. The number of hydrogen-bond acceptors (Lipinski definition) is 5. The fourth-order valence-electron chi connectivity index (χ4n) is 1.47. The van der Waals surface area contributed by atoms with E-state index in [9.17, 15) is 23.1 Å². The molecule has 1 aromatic carbocycles. The van der Waals surface area contributed by atoms with E-state index in [0.717, 1.165) is 0 Å². The van der Waals surface area contributed by atoms with E-state index < -0.39 is 17.8 Å². The number of carbonyl (C=O) groups excluding carboxylic acids is 1. The number of alkyl halides is 3. The second-order valence-electron chi connectivity index (χ2n) is 4.11. The van der Waals surface area contributed by atoms with E-state index in [1.165, 1.54) is 24.3 Å². The lowest BCUT2D eigenvalue weighted by Gasteiger charge is -2.07. The minimum absolute atomic E-state index is 0.164. The first-order chi connectivity index (χ1) is 10.3. The summed E-state index contributed by atoms with van der Waals surface area (Å²) in [4.78, 5) is 18.6. The van der Waals surface area contributed by atoms with Gasteiger partial charge in [-0.3, -0.25) is 4.79 Å². The third-order valence-electron chi connectivity index (χ3n) is 2.48. The maximum atomic E-state index is 12.6. The predicted octanol–water partition coefficient (Wildman–Crippen LogP) is 3.83. The molecule has 0 aliphatic heterocycles. The molecule has 1 N–H and O–H groups in total. The minimum atomic E-state index is -4.70. The molecule has 0 radical (unpaired) electrons. The number of benzene rings is 1. The Morgan fingerprint density at radius 2 is 1.86 bits per heavy atom. The fraction of sp³-hybridized carbons (Fsp3) is 0.154. The van der Waals surface area contributed by atoms with Gasteiger partial charge in [0.15, 0.2) is 16.6 Å². The van der Waals surface area contributed by atoms with Crippen LogP contribution in [0.15, 0.2) is 35.5 Å². The van der Waals surface area contributed by atoms with Crippen molar-refractivity contribution in [2.75, 3.05) is 5.75 Å². The Bertz CT molecular complexity index is 693. The van der Waals surface area contributed by atoms with Crippen LogP contribution in [0, 0.1) is 0 Å². The number of aromatic nitrogens is 2. The van der Waals surface area contributed by atoms with Crippen LogP contribution in [-0.4, -0.2) is 26.6 Å². The van der Waals surface area contributed by atoms with Crippen molar-refractivity contribution >= 4 is 29.1 Å². The summed E-state index contributed by atoms with van der Waals surface area (Å²) in [7, 11) is 0. The van der Waals surface area contributed by atoms with Gasteiger partial charge in [-0.2, -0.15) is 18.2 Å². The third kappa shape index (κ3) is 4.35. The van der Waals surface area contributed by atoms with Gasteiger partial charge in [0, 0.05) is 16.7 Å². The third-order valence-corrected chi connectivity index (χ3v) is 3.58. The Morgan fingerprint density at radius 3 is 2.45 bits per heavy atom. The molecule has 1 aromatic heterocycles. The van der Waals surface area contributed by atoms with Crippen LogP contribution in [0.2, 0.25) is 5.02 Å². The van der Waals surface area contributed by atoms with Crippen LogP contribution in [-0.2, 0) is 6.18 Å². The van der Waals surface area contributed by atoms with Gasteiger partial charge < -0.3 is 5.11 Å². The average Bonchev–Trinajstić information content (AvgIpc) is 2.44. The molecule has 0 aliphatic rings. The van der Waals surface area contributed by atoms with E-state index >= 15 is 0 Å². The SMILES string of the molecule is O=C(CSc1nc(O)cc(C(F)(F)F)n1)c1ccc(Cl)cc1. The molecule has 0 spiro atoms. The van der Waals surface area contributed by atoms with Crippen molar-refractivity contribution < 1.29 is 23.1 Å². The van der Waals surface area contributed by atoms with Crippen molar-refractivity contribution in [2.24, 2.45) is 0 Å². The fourth-order valence-corrected chi connectivity index (χ4v) is 2.35. The molecule has 0 bridgehead atoms. The topological polar surface area (TPSA) is 63.1 Å². The van der Waals surface area contributed by atoms with E-state index in [2.05, 4.69) is 9.97 Å². The van der Waals surface area contributed by atoms with E-state index in [1.54, 1.807) is 0 Å². The molecule has 0 fully saturated rings. The van der Waals surface area contributed by atoms with Crippen molar-refractivity contribution in [1.29, 1.82) is 0 Å². The van der Waals surface area contributed by atoms with Gasteiger partial charge in [0.1, 0.15) is 0 Å². The van der Waals surface area contributed by atoms with Crippen LogP contribution in [0.3, 0.4) is 0 Å². The Labute approximate surface area is 132 Å². The first-order valence-electron chi connectivity index (χ1n) is 5.82. The van der Waals surface area contributed by atoms with Gasteiger partial charge in [0.05, 0.1) is 5.75 Å².